The number of carbonyl (C=O) groups is 2. The van der Waals surface area contributed by atoms with Gasteiger partial charge in [0.2, 0.25) is 0 Å². The van der Waals surface area contributed by atoms with Gasteiger partial charge in [0.15, 0.2) is 17.2 Å². The van der Waals surface area contributed by atoms with Gasteiger partial charge >= 0.3 is 0 Å². The number of methoxy groups -OCH3 is 2. The number of nitrogens with one attached hydrogen (secondary N) is 1. The predicted octanol–water partition coefficient (Wildman–Crippen LogP) is 1.19. The maximum absolute atomic E-state index is 12.5. The topological polar surface area (TPSA) is 97.1 Å². The number of ether oxygens (including phenoxy) is 2. The molecule has 1 saturated heterocycles. The molecule has 0 radical (unpaired) electrons. The predicted molar refractivity (Wildman–Crippen MR) is 105 cm³/mol. The van der Waals surface area contributed by atoms with E-state index in [0.717, 1.165) is 13.1 Å². The molecule has 29 heavy (non-hydrogen) atoms. The molecule has 0 spiro atoms. The van der Waals surface area contributed by atoms with E-state index in [4.69, 9.17) is 14.0 Å². The first-order valence-electron chi connectivity index (χ1n) is 9.47. The quantitative estimate of drug-likeness (QED) is 0.743. The van der Waals surface area contributed by atoms with E-state index in [1.807, 2.05) is 0 Å². The minimum absolute atomic E-state index is 0.111. The fourth-order valence-corrected chi connectivity index (χ4v) is 3.29. The number of rotatable bonds is 7. The first-order valence-corrected chi connectivity index (χ1v) is 9.47. The Morgan fingerprint density at radius 1 is 1.17 bits per heavy atom. The van der Waals surface area contributed by atoms with Crippen LogP contribution < -0.4 is 14.8 Å². The van der Waals surface area contributed by atoms with Crippen LogP contribution in [0.15, 0.2) is 28.8 Å². The number of nitrogens with zero attached hydrogens (tertiary/aromatic N) is 3. The number of carbonyl (C=O) groups excluding carboxylic acids is 2. The van der Waals surface area contributed by atoms with Crippen molar-refractivity contribution >= 4 is 11.8 Å². The van der Waals surface area contributed by atoms with Crippen LogP contribution in [0, 0.1) is 6.92 Å². The van der Waals surface area contributed by atoms with Gasteiger partial charge in [-0.05, 0) is 19.1 Å². The Hall–Kier alpha value is -3.07. The summed E-state index contributed by atoms with van der Waals surface area (Å²) in [5.74, 6) is 1.23. The number of amides is 2. The number of piperazine rings is 1. The third-order valence-electron chi connectivity index (χ3n) is 4.87. The van der Waals surface area contributed by atoms with E-state index in [-0.39, 0.29) is 11.8 Å². The van der Waals surface area contributed by atoms with E-state index in [1.54, 1.807) is 36.1 Å². The third-order valence-corrected chi connectivity index (χ3v) is 4.87. The van der Waals surface area contributed by atoms with Crippen LogP contribution in [-0.2, 0) is 0 Å². The second kappa shape index (κ2) is 9.42. The smallest absolute Gasteiger partial charge is 0.276 e. The van der Waals surface area contributed by atoms with Crippen molar-refractivity contribution in [1.82, 2.24) is 20.3 Å². The summed E-state index contributed by atoms with van der Waals surface area (Å²) in [6.45, 7) is 5.66. The molecule has 1 aliphatic rings. The van der Waals surface area contributed by atoms with Gasteiger partial charge in [0, 0.05) is 45.3 Å². The molecule has 9 nitrogen and oxygen atoms in total. The van der Waals surface area contributed by atoms with Gasteiger partial charge in [0.1, 0.15) is 5.76 Å². The van der Waals surface area contributed by atoms with Crippen molar-refractivity contribution in [2.24, 2.45) is 0 Å². The molecular formula is C20H26N4O5. The van der Waals surface area contributed by atoms with Gasteiger partial charge in [0.05, 0.1) is 19.8 Å². The zero-order valence-electron chi connectivity index (χ0n) is 16.9. The normalized spacial score (nSPS) is 14.5. The first kappa shape index (κ1) is 20.7. The molecule has 0 atom stereocenters. The van der Waals surface area contributed by atoms with Crippen LogP contribution >= 0.6 is 0 Å². The zero-order chi connectivity index (χ0) is 20.8. The Morgan fingerprint density at radius 2 is 1.93 bits per heavy atom. The molecule has 1 N–H and O–H groups in total. The summed E-state index contributed by atoms with van der Waals surface area (Å²) in [5, 5.41) is 6.70. The van der Waals surface area contributed by atoms with E-state index < -0.39 is 0 Å². The molecule has 0 saturated carbocycles. The Bertz CT molecular complexity index is 858. The molecule has 3 rings (SSSR count). The molecule has 2 aromatic rings. The average Bonchev–Trinajstić information content (AvgIpc) is 3.19. The maximum atomic E-state index is 12.5. The van der Waals surface area contributed by atoms with Crippen molar-refractivity contribution in [3.8, 4) is 11.5 Å². The van der Waals surface area contributed by atoms with Gasteiger partial charge in [-0.25, -0.2) is 0 Å². The monoisotopic (exact) mass is 402 g/mol. The Balaban J connectivity index is 1.45. The number of para-hydroxylation sites is 1. The molecule has 0 unspecified atom stereocenters. The SMILES string of the molecule is COc1cccc(C(=O)NCCN2CCN(C(=O)c3cc(C)on3)CC2)c1OC. The summed E-state index contributed by atoms with van der Waals surface area (Å²) >= 11 is 0. The van der Waals surface area contributed by atoms with Crippen LogP contribution in [0.1, 0.15) is 26.6 Å². The molecule has 1 aromatic heterocycles. The van der Waals surface area contributed by atoms with Crippen LogP contribution in [-0.4, -0.2) is 80.3 Å². The summed E-state index contributed by atoms with van der Waals surface area (Å²) in [6.07, 6.45) is 0. The van der Waals surface area contributed by atoms with Crippen molar-refractivity contribution in [2.75, 3.05) is 53.5 Å². The molecule has 156 valence electrons. The van der Waals surface area contributed by atoms with Gasteiger partial charge in [-0.2, -0.15) is 0 Å². The lowest BCUT2D eigenvalue weighted by atomic mass is 10.1. The van der Waals surface area contributed by atoms with Gasteiger partial charge < -0.3 is 24.2 Å². The Morgan fingerprint density at radius 3 is 2.55 bits per heavy atom. The second-order valence-electron chi connectivity index (χ2n) is 6.75. The third kappa shape index (κ3) is 4.86. The number of aryl methyl sites for hydroxylation is 1. The summed E-state index contributed by atoms with van der Waals surface area (Å²) in [4.78, 5) is 28.9. The van der Waals surface area contributed by atoms with Crippen molar-refractivity contribution < 1.29 is 23.6 Å². The highest BCUT2D eigenvalue weighted by Crippen LogP contribution is 2.30. The van der Waals surface area contributed by atoms with Crippen LogP contribution in [0.3, 0.4) is 0 Å². The van der Waals surface area contributed by atoms with Gasteiger partial charge in [-0.3, -0.25) is 14.5 Å². The number of hydrogen-bond acceptors (Lipinski definition) is 7. The molecule has 2 amide bonds. The van der Waals surface area contributed by atoms with Crippen LogP contribution in [0.5, 0.6) is 11.5 Å². The summed E-state index contributed by atoms with van der Waals surface area (Å²) < 4.78 is 15.5. The van der Waals surface area contributed by atoms with Gasteiger partial charge in [-0.15, -0.1) is 0 Å². The Kier molecular flexibility index (Phi) is 6.71. The average molecular weight is 402 g/mol. The molecule has 1 aromatic carbocycles. The minimum atomic E-state index is -0.212. The molecule has 2 heterocycles. The lowest BCUT2D eigenvalue weighted by Crippen LogP contribution is -2.50. The van der Waals surface area contributed by atoms with Gasteiger partial charge in [-0.1, -0.05) is 11.2 Å². The number of aromatic nitrogens is 1. The number of hydrogen-bond donors (Lipinski definition) is 1. The summed E-state index contributed by atoms with van der Waals surface area (Å²) in [5.41, 5.74) is 0.778. The standard InChI is InChI=1S/C20H26N4O5/c1-14-13-16(22-29-14)20(26)24-11-9-23(10-12-24)8-7-21-19(25)15-5-4-6-17(27-2)18(15)28-3/h4-6,13H,7-12H2,1-3H3,(H,21,25). The van der Waals surface area contributed by atoms with Crippen molar-refractivity contribution in [3.05, 3.63) is 41.3 Å². The van der Waals surface area contributed by atoms with Crippen LogP contribution in [0.25, 0.3) is 0 Å². The fourth-order valence-electron chi connectivity index (χ4n) is 3.29. The lowest BCUT2D eigenvalue weighted by Gasteiger charge is -2.34. The maximum Gasteiger partial charge on any atom is 0.276 e. The molecule has 9 heteroatoms. The zero-order valence-corrected chi connectivity index (χ0v) is 16.9. The highest BCUT2D eigenvalue weighted by molar-refractivity contribution is 5.97. The van der Waals surface area contributed by atoms with Gasteiger partial charge in [0.25, 0.3) is 11.8 Å². The van der Waals surface area contributed by atoms with E-state index in [0.29, 0.717) is 54.7 Å². The van der Waals surface area contributed by atoms with E-state index in [2.05, 4.69) is 15.4 Å². The van der Waals surface area contributed by atoms with Crippen LogP contribution in [0.4, 0.5) is 0 Å². The summed E-state index contributed by atoms with van der Waals surface area (Å²) in [6, 6.07) is 6.85. The van der Waals surface area contributed by atoms with Crippen molar-refractivity contribution in [3.63, 3.8) is 0 Å². The lowest BCUT2D eigenvalue weighted by molar-refractivity contribution is 0.0628. The molecule has 1 aliphatic heterocycles. The Labute approximate surface area is 169 Å². The van der Waals surface area contributed by atoms with E-state index in [1.165, 1.54) is 14.2 Å². The van der Waals surface area contributed by atoms with Crippen LogP contribution in [0.2, 0.25) is 0 Å². The second-order valence-corrected chi connectivity index (χ2v) is 6.75. The molecule has 0 aliphatic carbocycles. The molecular weight excluding hydrogens is 376 g/mol. The van der Waals surface area contributed by atoms with Crippen molar-refractivity contribution in [2.45, 2.75) is 6.92 Å². The fraction of sp³-hybridized carbons (Fsp3) is 0.450. The van der Waals surface area contributed by atoms with E-state index >= 15 is 0 Å². The van der Waals surface area contributed by atoms with E-state index in [9.17, 15) is 9.59 Å². The summed E-state index contributed by atoms with van der Waals surface area (Å²) in [7, 11) is 3.05. The largest absolute Gasteiger partial charge is 0.493 e. The highest BCUT2D eigenvalue weighted by atomic mass is 16.5. The molecule has 0 bridgehead atoms. The van der Waals surface area contributed by atoms with Crippen molar-refractivity contribution in [1.29, 1.82) is 0 Å². The highest BCUT2D eigenvalue weighted by Gasteiger charge is 2.24. The molecule has 1 fully saturated rings. The first-order chi connectivity index (χ1) is 14.0. The number of benzene rings is 1. The minimum Gasteiger partial charge on any atom is -0.493 e.